The van der Waals surface area contributed by atoms with Crippen LogP contribution in [0.3, 0.4) is 0 Å². The molecule has 0 bridgehead atoms. The van der Waals surface area contributed by atoms with Crippen molar-refractivity contribution in [3.63, 3.8) is 0 Å². The Labute approximate surface area is 106 Å². The Balaban J connectivity index is 2.07. The van der Waals surface area contributed by atoms with Gasteiger partial charge in [-0.15, -0.1) is 0 Å². The highest BCUT2D eigenvalue weighted by Crippen LogP contribution is 2.26. The van der Waals surface area contributed by atoms with Crippen LogP contribution in [0.15, 0.2) is 18.2 Å². The first kappa shape index (κ1) is 12.7. The fraction of sp³-hybridized carbons (Fsp3) is 0.538. The Morgan fingerprint density at radius 1 is 1.35 bits per heavy atom. The maximum atomic E-state index is 13.2. The predicted molar refractivity (Wildman–Crippen MR) is 72.6 cm³/mol. The Morgan fingerprint density at radius 2 is 2.00 bits per heavy atom. The molecule has 2 nitrogen and oxygen atoms in total. The van der Waals surface area contributed by atoms with E-state index < -0.39 is 0 Å². The van der Waals surface area contributed by atoms with Crippen LogP contribution in [-0.4, -0.2) is 28.5 Å². The summed E-state index contributed by atoms with van der Waals surface area (Å²) in [6.07, 6.45) is 0. The van der Waals surface area contributed by atoms with Gasteiger partial charge in [-0.05, 0) is 23.8 Å². The van der Waals surface area contributed by atoms with E-state index in [-0.39, 0.29) is 5.82 Å². The highest BCUT2D eigenvalue weighted by molar-refractivity contribution is 8.00. The molecule has 1 aromatic rings. The molecule has 0 amide bonds. The summed E-state index contributed by atoms with van der Waals surface area (Å²) in [4.78, 5) is 2.36. The topological polar surface area (TPSA) is 29.3 Å². The number of hydrogen-bond acceptors (Lipinski definition) is 3. The second kappa shape index (κ2) is 5.27. The third-order valence-corrected chi connectivity index (χ3v) is 4.22. The monoisotopic (exact) mass is 254 g/mol. The van der Waals surface area contributed by atoms with E-state index in [0.29, 0.717) is 16.2 Å². The van der Waals surface area contributed by atoms with Crippen molar-refractivity contribution in [2.75, 3.05) is 18.8 Å². The molecule has 0 spiro atoms. The molecule has 2 N–H and O–H groups in total. The van der Waals surface area contributed by atoms with E-state index in [0.717, 1.165) is 25.2 Å². The number of thioether (sulfide) groups is 1. The molecule has 2 atom stereocenters. The third kappa shape index (κ3) is 3.36. The van der Waals surface area contributed by atoms with E-state index >= 15 is 0 Å². The molecule has 1 fully saturated rings. The summed E-state index contributed by atoms with van der Waals surface area (Å²) in [6, 6.07) is 4.61. The zero-order chi connectivity index (χ0) is 12.4. The van der Waals surface area contributed by atoms with Crippen LogP contribution >= 0.6 is 11.8 Å². The number of anilines is 1. The van der Waals surface area contributed by atoms with Crippen LogP contribution < -0.4 is 5.73 Å². The maximum absolute atomic E-state index is 13.2. The molecule has 1 aliphatic rings. The van der Waals surface area contributed by atoms with Crippen LogP contribution in [0, 0.1) is 5.82 Å². The number of nitrogens with zero attached hydrogens (tertiary/aromatic N) is 1. The molecule has 0 aromatic heterocycles. The molecule has 1 aliphatic heterocycles. The molecule has 94 valence electrons. The van der Waals surface area contributed by atoms with Gasteiger partial charge in [0.15, 0.2) is 0 Å². The van der Waals surface area contributed by atoms with Crippen molar-refractivity contribution in [1.82, 2.24) is 4.90 Å². The molecule has 1 heterocycles. The second-order valence-electron chi connectivity index (χ2n) is 4.79. The molecular formula is C13H19FN2S. The van der Waals surface area contributed by atoms with E-state index in [4.69, 9.17) is 5.73 Å². The smallest absolute Gasteiger partial charge is 0.123 e. The Morgan fingerprint density at radius 3 is 2.65 bits per heavy atom. The van der Waals surface area contributed by atoms with Gasteiger partial charge >= 0.3 is 0 Å². The van der Waals surface area contributed by atoms with Crippen LogP contribution in [0.4, 0.5) is 10.1 Å². The maximum Gasteiger partial charge on any atom is 0.123 e. The normalized spacial score (nSPS) is 26.1. The zero-order valence-electron chi connectivity index (χ0n) is 10.3. The van der Waals surface area contributed by atoms with Gasteiger partial charge in [0.2, 0.25) is 0 Å². The minimum atomic E-state index is -0.207. The average molecular weight is 254 g/mol. The molecule has 0 aliphatic carbocycles. The van der Waals surface area contributed by atoms with Crippen molar-refractivity contribution < 1.29 is 4.39 Å². The number of benzene rings is 1. The fourth-order valence-electron chi connectivity index (χ4n) is 2.37. The summed E-state index contributed by atoms with van der Waals surface area (Å²) in [5, 5.41) is 1.27. The highest BCUT2D eigenvalue weighted by Gasteiger charge is 2.22. The van der Waals surface area contributed by atoms with Crippen molar-refractivity contribution in [2.24, 2.45) is 0 Å². The van der Waals surface area contributed by atoms with Gasteiger partial charge in [0.1, 0.15) is 5.82 Å². The lowest BCUT2D eigenvalue weighted by Gasteiger charge is -2.34. The summed E-state index contributed by atoms with van der Waals surface area (Å²) < 4.78 is 13.2. The average Bonchev–Trinajstić information content (AvgIpc) is 2.22. The number of hydrogen-bond donors (Lipinski definition) is 1. The van der Waals surface area contributed by atoms with Crippen LogP contribution in [0.5, 0.6) is 0 Å². The number of nitrogens with two attached hydrogens (primary N) is 1. The Bertz CT molecular complexity index is 387. The van der Waals surface area contributed by atoms with Gasteiger partial charge in [0, 0.05) is 35.8 Å². The molecule has 0 radical (unpaired) electrons. The molecule has 2 rings (SSSR count). The van der Waals surface area contributed by atoms with Gasteiger partial charge in [0.05, 0.1) is 0 Å². The van der Waals surface area contributed by atoms with Crippen LogP contribution in [0.1, 0.15) is 19.4 Å². The Kier molecular flexibility index (Phi) is 3.94. The molecular weight excluding hydrogens is 235 g/mol. The molecule has 17 heavy (non-hydrogen) atoms. The second-order valence-corrected chi connectivity index (χ2v) is 6.68. The lowest BCUT2D eigenvalue weighted by Crippen LogP contribution is -2.39. The largest absolute Gasteiger partial charge is 0.398 e. The van der Waals surface area contributed by atoms with Gasteiger partial charge in [0.25, 0.3) is 0 Å². The number of nitrogen functional groups attached to an aromatic ring is 1. The lowest BCUT2D eigenvalue weighted by molar-refractivity contribution is 0.263. The van der Waals surface area contributed by atoms with Gasteiger partial charge in [-0.1, -0.05) is 13.8 Å². The fourth-order valence-corrected chi connectivity index (χ4v) is 3.75. The zero-order valence-corrected chi connectivity index (χ0v) is 11.1. The first-order chi connectivity index (χ1) is 8.04. The van der Waals surface area contributed by atoms with Gasteiger partial charge in [-0.2, -0.15) is 11.8 Å². The number of halogens is 1. The summed E-state index contributed by atoms with van der Waals surface area (Å²) in [5.74, 6) is -0.207. The van der Waals surface area contributed by atoms with Crippen LogP contribution in [0.2, 0.25) is 0 Å². The van der Waals surface area contributed by atoms with Gasteiger partial charge in [-0.3, -0.25) is 4.90 Å². The Hall–Kier alpha value is -0.740. The lowest BCUT2D eigenvalue weighted by atomic mass is 10.1. The summed E-state index contributed by atoms with van der Waals surface area (Å²) in [6.45, 7) is 7.32. The molecule has 1 saturated heterocycles. The summed E-state index contributed by atoms with van der Waals surface area (Å²) in [7, 11) is 0. The summed E-state index contributed by atoms with van der Waals surface area (Å²) >= 11 is 2.02. The van der Waals surface area contributed by atoms with E-state index in [2.05, 4.69) is 18.7 Å². The molecule has 0 saturated carbocycles. The first-order valence-electron chi connectivity index (χ1n) is 5.96. The minimum Gasteiger partial charge on any atom is -0.398 e. The SMILES string of the molecule is CC1CN(Cc2cc(F)ccc2N)CC(C)S1. The van der Waals surface area contributed by atoms with E-state index in [1.165, 1.54) is 6.07 Å². The first-order valence-corrected chi connectivity index (χ1v) is 6.90. The van der Waals surface area contributed by atoms with Crippen molar-refractivity contribution in [3.05, 3.63) is 29.6 Å². The van der Waals surface area contributed by atoms with Crippen LogP contribution in [0.25, 0.3) is 0 Å². The minimum absolute atomic E-state index is 0.207. The quantitative estimate of drug-likeness (QED) is 0.823. The van der Waals surface area contributed by atoms with Gasteiger partial charge in [-0.25, -0.2) is 4.39 Å². The highest BCUT2D eigenvalue weighted by atomic mass is 32.2. The molecule has 4 heteroatoms. The third-order valence-electron chi connectivity index (χ3n) is 2.99. The van der Waals surface area contributed by atoms with Crippen molar-refractivity contribution in [3.8, 4) is 0 Å². The summed E-state index contributed by atoms with van der Waals surface area (Å²) in [5.41, 5.74) is 7.46. The van der Waals surface area contributed by atoms with E-state index in [1.54, 1.807) is 12.1 Å². The van der Waals surface area contributed by atoms with Crippen molar-refractivity contribution >= 4 is 17.4 Å². The van der Waals surface area contributed by atoms with E-state index in [9.17, 15) is 4.39 Å². The van der Waals surface area contributed by atoms with Crippen molar-refractivity contribution in [1.29, 1.82) is 0 Å². The standard InChI is InChI=1S/C13H19FN2S/c1-9-6-16(7-10(2)17-9)8-11-5-12(14)3-4-13(11)15/h3-5,9-10H,6-8,15H2,1-2H3. The molecule has 1 aromatic carbocycles. The van der Waals surface area contributed by atoms with Crippen molar-refractivity contribution in [2.45, 2.75) is 30.9 Å². The predicted octanol–water partition coefficient (Wildman–Crippen LogP) is 2.73. The van der Waals surface area contributed by atoms with E-state index in [1.807, 2.05) is 11.8 Å². The molecule has 2 unspecified atom stereocenters. The number of rotatable bonds is 2. The van der Waals surface area contributed by atoms with Crippen LogP contribution in [-0.2, 0) is 6.54 Å². The van der Waals surface area contributed by atoms with Gasteiger partial charge < -0.3 is 5.73 Å².